The molecule has 2 nitrogen and oxygen atoms in total. The van der Waals surface area contributed by atoms with Crippen LogP contribution in [-0.2, 0) is 0 Å². The fraction of sp³-hybridized carbons (Fsp3) is 0.917. The largest absolute Gasteiger partial charge is 0.317 e. The van der Waals surface area contributed by atoms with Crippen LogP contribution in [0.3, 0.4) is 0 Å². The van der Waals surface area contributed by atoms with Gasteiger partial charge in [-0.25, -0.2) is 0 Å². The zero-order valence-electron chi connectivity index (χ0n) is 9.17. The van der Waals surface area contributed by atoms with Gasteiger partial charge in [0.25, 0.3) is 0 Å². The first-order chi connectivity index (χ1) is 6.95. The molecule has 0 atom stereocenters. The summed E-state index contributed by atoms with van der Waals surface area (Å²) in [5.41, 5.74) is 0. The van der Waals surface area contributed by atoms with Crippen LogP contribution >= 0.6 is 0 Å². The van der Waals surface area contributed by atoms with Crippen LogP contribution in [0.15, 0.2) is 0 Å². The Kier molecular flexibility index (Phi) is 4.26. The zero-order chi connectivity index (χ0) is 9.64. The average molecular weight is 195 g/mol. The van der Waals surface area contributed by atoms with Crippen LogP contribution in [0.25, 0.3) is 0 Å². The van der Waals surface area contributed by atoms with Crippen LogP contribution < -0.4 is 5.32 Å². The molecule has 0 amide bonds. The molecule has 0 aliphatic carbocycles. The number of nitrogens with one attached hydrogen (secondary N) is 1. The van der Waals surface area contributed by atoms with Gasteiger partial charge in [-0.3, -0.25) is 0 Å². The van der Waals surface area contributed by atoms with Gasteiger partial charge >= 0.3 is 0 Å². The van der Waals surface area contributed by atoms with Crippen LogP contribution in [0.4, 0.5) is 0 Å². The van der Waals surface area contributed by atoms with Gasteiger partial charge in [0.1, 0.15) is 0 Å². The van der Waals surface area contributed by atoms with E-state index in [0.29, 0.717) is 0 Å². The van der Waals surface area contributed by atoms with Gasteiger partial charge in [-0.15, -0.1) is 0 Å². The van der Waals surface area contributed by atoms with Crippen molar-refractivity contribution in [1.82, 2.24) is 10.2 Å². The van der Waals surface area contributed by atoms with E-state index < -0.39 is 0 Å². The molecule has 0 unspecified atom stereocenters. The first kappa shape index (κ1) is 10.4. The Labute approximate surface area is 88.1 Å². The summed E-state index contributed by atoms with van der Waals surface area (Å²) >= 11 is 0. The number of rotatable bonds is 4. The van der Waals surface area contributed by atoms with Crippen molar-refractivity contribution in [2.24, 2.45) is 5.92 Å². The van der Waals surface area contributed by atoms with E-state index >= 15 is 0 Å². The second kappa shape index (κ2) is 5.72. The SMILES string of the molecule is [CH](CCN1CCCC1)C1CCNCC1. The van der Waals surface area contributed by atoms with Crippen LogP contribution in [-0.4, -0.2) is 37.6 Å². The molecule has 2 saturated heterocycles. The van der Waals surface area contributed by atoms with Crippen molar-refractivity contribution in [1.29, 1.82) is 0 Å². The molecule has 2 heteroatoms. The lowest BCUT2D eigenvalue weighted by atomic mass is 9.93. The molecular weight excluding hydrogens is 172 g/mol. The van der Waals surface area contributed by atoms with E-state index in [-0.39, 0.29) is 0 Å². The van der Waals surface area contributed by atoms with E-state index in [1.54, 1.807) is 0 Å². The summed E-state index contributed by atoms with van der Waals surface area (Å²) in [5, 5.41) is 3.42. The lowest BCUT2D eigenvalue weighted by Crippen LogP contribution is -2.28. The summed E-state index contributed by atoms with van der Waals surface area (Å²) in [6.07, 6.45) is 9.45. The van der Waals surface area contributed by atoms with Gasteiger partial charge < -0.3 is 10.2 Å². The minimum Gasteiger partial charge on any atom is -0.317 e. The van der Waals surface area contributed by atoms with Crippen molar-refractivity contribution in [3.8, 4) is 0 Å². The van der Waals surface area contributed by atoms with Crippen molar-refractivity contribution in [2.45, 2.75) is 32.1 Å². The van der Waals surface area contributed by atoms with Gasteiger partial charge in [-0.1, -0.05) is 0 Å². The second-order valence-corrected chi connectivity index (χ2v) is 4.66. The van der Waals surface area contributed by atoms with Gasteiger partial charge in [-0.2, -0.15) is 0 Å². The summed E-state index contributed by atoms with van der Waals surface area (Å²) in [6, 6.07) is 0. The maximum Gasteiger partial charge on any atom is -0.00159 e. The molecule has 0 aromatic carbocycles. The Hall–Kier alpha value is -0.0800. The maximum atomic E-state index is 3.42. The molecular formula is C12H23N2. The lowest BCUT2D eigenvalue weighted by Gasteiger charge is -2.23. The number of nitrogens with zero attached hydrogens (tertiary/aromatic N) is 1. The van der Waals surface area contributed by atoms with Gasteiger partial charge in [0, 0.05) is 0 Å². The topological polar surface area (TPSA) is 15.3 Å². The van der Waals surface area contributed by atoms with E-state index in [0.717, 1.165) is 5.92 Å². The normalized spacial score (nSPS) is 25.7. The molecule has 0 aromatic heterocycles. The van der Waals surface area contributed by atoms with Crippen molar-refractivity contribution in [3.63, 3.8) is 0 Å². The molecule has 2 fully saturated rings. The Morgan fingerprint density at radius 2 is 1.86 bits per heavy atom. The van der Waals surface area contributed by atoms with Gasteiger partial charge in [0.05, 0.1) is 0 Å². The number of likely N-dealkylation sites (tertiary alicyclic amines) is 1. The molecule has 2 rings (SSSR count). The highest BCUT2D eigenvalue weighted by atomic mass is 15.1. The summed E-state index contributed by atoms with van der Waals surface area (Å²) in [6.45, 7) is 6.46. The molecule has 0 aromatic rings. The van der Waals surface area contributed by atoms with Gasteiger partial charge in [-0.05, 0) is 77.2 Å². The average Bonchev–Trinajstić information content (AvgIpc) is 2.72. The molecule has 0 bridgehead atoms. The van der Waals surface area contributed by atoms with Crippen LogP contribution in [0.2, 0.25) is 0 Å². The van der Waals surface area contributed by atoms with E-state index in [4.69, 9.17) is 0 Å². The van der Waals surface area contributed by atoms with Crippen molar-refractivity contribution in [3.05, 3.63) is 6.42 Å². The quantitative estimate of drug-likeness (QED) is 0.734. The van der Waals surface area contributed by atoms with Crippen molar-refractivity contribution in [2.75, 3.05) is 32.7 Å². The molecule has 2 aliphatic heterocycles. The number of piperidine rings is 1. The fourth-order valence-corrected chi connectivity index (χ4v) is 2.58. The van der Waals surface area contributed by atoms with E-state index in [9.17, 15) is 0 Å². The minimum absolute atomic E-state index is 0.902. The molecule has 2 heterocycles. The smallest absolute Gasteiger partial charge is 0.00159 e. The third-order valence-corrected chi connectivity index (χ3v) is 3.53. The molecule has 0 spiro atoms. The Bertz CT molecular complexity index is 146. The highest BCUT2D eigenvalue weighted by Gasteiger charge is 2.14. The highest BCUT2D eigenvalue weighted by Crippen LogP contribution is 2.17. The number of hydrogen-bond donors (Lipinski definition) is 1. The van der Waals surface area contributed by atoms with Crippen LogP contribution in [0.1, 0.15) is 32.1 Å². The predicted octanol–water partition coefficient (Wildman–Crippen LogP) is 1.68. The fourth-order valence-electron chi connectivity index (χ4n) is 2.58. The molecule has 1 N–H and O–H groups in total. The Morgan fingerprint density at radius 3 is 2.57 bits per heavy atom. The van der Waals surface area contributed by atoms with Crippen LogP contribution in [0.5, 0.6) is 0 Å². The van der Waals surface area contributed by atoms with Gasteiger partial charge in [0.15, 0.2) is 0 Å². The summed E-state index contributed by atoms with van der Waals surface area (Å²) in [7, 11) is 0. The van der Waals surface area contributed by atoms with E-state index in [1.807, 2.05) is 0 Å². The standard InChI is InChI=1S/C12H23N2/c1-2-10-14(9-1)11-3-4-12-5-7-13-8-6-12/h4,12-13H,1-3,5-11H2. The third-order valence-electron chi connectivity index (χ3n) is 3.53. The number of hydrogen-bond acceptors (Lipinski definition) is 2. The first-order valence-electron chi connectivity index (χ1n) is 6.21. The minimum atomic E-state index is 0.902. The molecule has 14 heavy (non-hydrogen) atoms. The monoisotopic (exact) mass is 195 g/mol. The molecule has 1 radical (unpaired) electrons. The Morgan fingerprint density at radius 1 is 1.14 bits per heavy atom. The maximum absolute atomic E-state index is 3.42. The summed E-state index contributed by atoms with van der Waals surface area (Å²) in [4.78, 5) is 2.61. The third kappa shape index (κ3) is 3.25. The van der Waals surface area contributed by atoms with E-state index in [1.165, 1.54) is 64.8 Å². The lowest BCUT2D eigenvalue weighted by molar-refractivity contribution is 0.327. The second-order valence-electron chi connectivity index (χ2n) is 4.66. The molecule has 0 saturated carbocycles. The van der Waals surface area contributed by atoms with Crippen LogP contribution in [0, 0.1) is 12.3 Å². The zero-order valence-corrected chi connectivity index (χ0v) is 9.17. The molecule has 81 valence electrons. The predicted molar refractivity (Wildman–Crippen MR) is 60.2 cm³/mol. The van der Waals surface area contributed by atoms with Crippen molar-refractivity contribution < 1.29 is 0 Å². The first-order valence-corrected chi connectivity index (χ1v) is 6.21. The molecule has 2 aliphatic rings. The highest BCUT2D eigenvalue weighted by molar-refractivity contribution is 4.82. The van der Waals surface area contributed by atoms with E-state index in [2.05, 4.69) is 16.6 Å². The summed E-state index contributed by atoms with van der Waals surface area (Å²) < 4.78 is 0. The Balaban J connectivity index is 1.52. The van der Waals surface area contributed by atoms with Gasteiger partial charge in [0.2, 0.25) is 0 Å². The summed E-state index contributed by atoms with van der Waals surface area (Å²) in [5.74, 6) is 0.902. The van der Waals surface area contributed by atoms with Crippen molar-refractivity contribution >= 4 is 0 Å².